The van der Waals surface area contributed by atoms with E-state index in [9.17, 15) is 9.18 Å². The molecule has 2 aliphatic rings. The fraction of sp³-hybridized carbons (Fsp3) is 0.471. The number of amides is 1. The van der Waals surface area contributed by atoms with Crippen molar-refractivity contribution in [3.05, 3.63) is 47.5 Å². The maximum absolute atomic E-state index is 13.2. The number of fused-ring (bicyclic) bond motifs is 2. The number of carbonyl (C=O) groups is 1. The molecule has 2 atom stereocenters. The minimum absolute atomic E-state index is 0. The minimum Gasteiger partial charge on any atom is -0.348 e. The van der Waals surface area contributed by atoms with Crippen molar-refractivity contribution in [3.8, 4) is 0 Å². The highest BCUT2D eigenvalue weighted by molar-refractivity contribution is 5.92. The molecule has 0 saturated carbocycles. The van der Waals surface area contributed by atoms with Crippen molar-refractivity contribution in [1.29, 1.82) is 0 Å². The van der Waals surface area contributed by atoms with E-state index in [0.29, 0.717) is 24.3 Å². The van der Waals surface area contributed by atoms with Crippen LogP contribution >= 0.6 is 12.4 Å². The summed E-state index contributed by atoms with van der Waals surface area (Å²) in [6.45, 7) is 0.384. The topological polar surface area (TPSA) is 71.8 Å². The third-order valence-corrected chi connectivity index (χ3v) is 4.81. The van der Waals surface area contributed by atoms with E-state index < -0.39 is 0 Å². The van der Waals surface area contributed by atoms with Crippen molar-refractivity contribution in [2.45, 2.75) is 50.4 Å². The molecule has 4 rings (SSSR count). The Morgan fingerprint density at radius 2 is 2.08 bits per heavy atom. The van der Waals surface area contributed by atoms with E-state index in [1.165, 1.54) is 25.0 Å². The van der Waals surface area contributed by atoms with Crippen LogP contribution in [0, 0.1) is 5.82 Å². The van der Waals surface area contributed by atoms with Gasteiger partial charge in [-0.15, -0.1) is 17.5 Å². The molecule has 2 N–H and O–H groups in total. The number of benzene rings is 1. The van der Waals surface area contributed by atoms with Crippen molar-refractivity contribution in [3.63, 3.8) is 0 Å². The second-order valence-corrected chi connectivity index (χ2v) is 6.71. The maximum atomic E-state index is 13.2. The molecule has 1 aromatic carbocycles. The molecule has 2 fully saturated rings. The second-order valence-electron chi connectivity index (χ2n) is 6.71. The summed E-state index contributed by atoms with van der Waals surface area (Å²) in [5.41, 5.74) is 1.08. The van der Waals surface area contributed by atoms with Gasteiger partial charge in [0.1, 0.15) is 5.82 Å². The van der Waals surface area contributed by atoms with E-state index in [4.69, 9.17) is 0 Å². The van der Waals surface area contributed by atoms with Gasteiger partial charge < -0.3 is 10.6 Å². The van der Waals surface area contributed by atoms with Gasteiger partial charge in [-0.2, -0.15) is 0 Å². The monoisotopic (exact) mass is 365 g/mol. The van der Waals surface area contributed by atoms with Crippen LogP contribution in [0.4, 0.5) is 4.39 Å². The second kappa shape index (κ2) is 7.49. The first-order valence-corrected chi connectivity index (χ1v) is 8.37. The summed E-state index contributed by atoms with van der Waals surface area (Å²) < 4.78 is 14.8. The minimum atomic E-state index is -0.286. The molecule has 1 amide bonds. The number of rotatable bonds is 4. The Morgan fingerprint density at radius 3 is 2.80 bits per heavy atom. The molecule has 2 unspecified atom stereocenters. The lowest BCUT2D eigenvalue weighted by molar-refractivity contribution is 0.0919. The number of halogens is 2. The third kappa shape index (κ3) is 4.16. The van der Waals surface area contributed by atoms with Crippen molar-refractivity contribution >= 4 is 18.3 Å². The van der Waals surface area contributed by atoms with E-state index in [1.807, 2.05) is 6.07 Å². The third-order valence-electron chi connectivity index (χ3n) is 4.81. The smallest absolute Gasteiger partial charge is 0.273 e. The predicted molar refractivity (Wildman–Crippen MR) is 93.2 cm³/mol. The summed E-state index contributed by atoms with van der Waals surface area (Å²) in [6, 6.07) is 7.57. The van der Waals surface area contributed by atoms with E-state index in [1.54, 1.807) is 16.9 Å². The number of nitrogens with one attached hydrogen (secondary N) is 2. The molecule has 2 aromatic rings. The van der Waals surface area contributed by atoms with Gasteiger partial charge in [-0.05, 0) is 43.4 Å². The van der Waals surface area contributed by atoms with Gasteiger partial charge in [0.25, 0.3) is 5.91 Å². The molecule has 8 heteroatoms. The first kappa shape index (κ1) is 17.8. The van der Waals surface area contributed by atoms with E-state index in [2.05, 4.69) is 20.9 Å². The number of nitrogens with zero attached hydrogens (tertiary/aromatic N) is 3. The zero-order valence-electron chi connectivity index (χ0n) is 13.7. The normalized spacial score (nSPS) is 24.6. The first-order valence-electron chi connectivity index (χ1n) is 8.37. The summed E-state index contributed by atoms with van der Waals surface area (Å²) in [4.78, 5) is 12.4. The van der Waals surface area contributed by atoms with Gasteiger partial charge in [0, 0.05) is 18.1 Å². The van der Waals surface area contributed by atoms with Gasteiger partial charge in [-0.25, -0.2) is 9.07 Å². The van der Waals surface area contributed by atoms with E-state index in [-0.39, 0.29) is 30.2 Å². The number of aromatic nitrogens is 3. The van der Waals surface area contributed by atoms with Crippen LogP contribution in [0.15, 0.2) is 30.5 Å². The Labute approximate surface area is 151 Å². The largest absolute Gasteiger partial charge is 0.348 e. The lowest BCUT2D eigenvalue weighted by atomic mass is 10.00. The fourth-order valence-electron chi connectivity index (χ4n) is 3.74. The number of carbonyl (C=O) groups excluding carboxylic acids is 1. The van der Waals surface area contributed by atoms with Gasteiger partial charge >= 0.3 is 0 Å². The molecule has 2 saturated heterocycles. The van der Waals surface area contributed by atoms with Crippen LogP contribution in [0.5, 0.6) is 0 Å². The van der Waals surface area contributed by atoms with Crippen molar-refractivity contribution < 1.29 is 9.18 Å². The van der Waals surface area contributed by atoms with E-state index in [0.717, 1.165) is 18.4 Å². The highest BCUT2D eigenvalue weighted by atomic mass is 35.5. The summed E-state index contributed by atoms with van der Waals surface area (Å²) >= 11 is 0. The number of hydrogen-bond donors (Lipinski definition) is 2. The zero-order chi connectivity index (χ0) is 16.5. The molecule has 1 aromatic heterocycles. The van der Waals surface area contributed by atoms with Crippen molar-refractivity contribution in [2.75, 3.05) is 0 Å². The molecular formula is C17H21ClFN5O. The lowest BCUT2D eigenvalue weighted by Crippen LogP contribution is -2.48. The van der Waals surface area contributed by atoms with Gasteiger partial charge in [0.2, 0.25) is 0 Å². The Kier molecular flexibility index (Phi) is 5.34. The van der Waals surface area contributed by atoms with Gasteiger partial charge in [-0.1, -0.05) is 17.3 Å². The van der Waals surface area contributed by atoms with Gasteiger partial charge in [-0.3, -0.25) is 4.79 Å². The Balaban J connectivity index is 0.00000182. The van der Waals surface area contributed by atoms with E-state index >= 15 is 0 Å². The van der Waals surface area contributed by atoms with Crippen LogP contribution in [0.3, 0.4) is 0 Å². The SMILES string of the molecule is Cl.O=C(NC1CC2CCC(C1)N2)c1cn(Cc2cccc(F)c2)nn1. The summed E-state index contributed by atoms with van der Waals surface area (Å²) in [5.74, 6) is -0.474. The molecule has 0 aliphatic carbocycles. The Bertz CT molecular complexity index is 740. The molecule has 2 bridgehead atoms. The average Bonchev–Trinajstić information content (AvgIpc) is 3.14. The fourth-order valence-corrected chi connectivity index (χ4v) is 3.74. The number of hydrogen-bond acceptors (Lipinski definition) is 4. The predicted octanol–water partition coefficient (Wildman–Crippen LogP) is 1.90. The Hall–Kier alpha value is -1.99. The highest BCUT2D eigenvalue weighted by Gasteiger charge is 2.34. The summed E-state index contributed by atoms with van der Waals surface area (Å²) in [5, 5.41) is 14.5. The van der Waals surface area contributed by atoms with Crippen LogP contribution < -0.4 is 10.6 Å². The summed E-state index contributed by atoms with van der Waals surface area (Å²) in [7, 11) is 0. The van der Waals surface area contributed by atoms with Crippen LogP contribution in [0.2, 0.25) is 0 Å². The maximum Gasteiger partial charge on any atom is 0.273 e. The molecule has 3 heterocycles. The van der Waals surface area contributed by atoms with Crippen LogP contribution in [-0.2, 0) is 6.54 Å². The van der Waals surface area contributed by atoms with Gasteiger partial charge in [0.05, 0.1) is 12.7 Å². The number of piperidine rings is 1. The molecular weight excluding hydrogens is 345 g/mol. The Morgan fingerprint density at radius 1 is 1.32 bits per heavy atom. The quantitative estimate of drug-likeness (QED) is 0.868. The molecule has 2 aliphatic heterocycles. The molecule has 6 nitrogen and oxygen atoms in total. The van der Waals surface area contributed by atoms with Crippen molar-refractivity contribution in [2.24, 2.45) is 0 Å². The first-order chi connectivity index (χ1) is 11.7. The summed E-state index contributed by atoms with van der Waals surface area (Å²) in [6.07, 6.45) is 5.94. The van der Waals surface area contributed by atoms with Crippen LogP contribution in [-0.4, -0.2) is 39.0 Å². The lowest BCUT2D eigenvalue weighted by Gasteiger charge is -2.29. The molecule has 25 heavy (non-hydrogen) atoms. The van der Waals surface area contributed by atoms with Gasteiger partial charge in [0.15, 0.2) is 5.69 Å². The zero-order valence-corrected chi connectivity index (χ0v) is 14.5. The average molecular weight is 366 g/mol. The standard InChI is InChI=1S/C17H20FN5O.ClH/c18-12-3-1-2-11(6-12)9-23-10-16(21-22-23)17(24)20-15-7-13-4-5-14(8-15)19-13;/h1-3,6,10,13-15,19H,4-5,7-9H2,(H,20,24);1H. The molecule has 0 spiro atoms. The van der Waals surface area contributed by atoms with Crippen LogP contribution in [0.1, 0.15) is 41.7 Å². The van der Waals surface area contributed by atoms with Crippen LogP contribution in [0.25, 0.3) is 0 Å². The molecule has 134 valence electrons. The van der Waals surface area contributed by atoms with Crippen molar-refractivity contribution in [1.82, 2.24) is 25.6 Å². The molecule has 0 radical (unpaired) electrons. The highest BCUT2D eigenvalue weighted by Crippen LogP contribution is 2.26.